The molecule has 1 unspecified atom stereocenters. The number of benzene rings is 1. The third-order valence-corrected chi connectivity index (χ3v) is 2.41. The largest absolute Gasteiger partial charge is 0.368 e. The van der Waals surface area contributed by atoms with Crippen LogP contribution in [-0.2, 0) is 4.79 Å². The predicted octanol–water partition coefficient (Wildman–Crippen LogP) is 1.91. The fourth-order valence-corrected chi connectivity index (χ4v) is 1.58. The van der Waals surface area contributed by atoms with Crippen molar-refractivity contribution in [3.05, 3.63) is 45.0 Å². The number of carbonyl (C=O) groups is 1. The van der Waals surface area contributed by atoms with Crippen molar-refractivity contribution in [3.8, 4) is 0 Å². The van der Waals surface area contributed by atoms with Gasteiger partial charge in [0.1, 0.15) is 11.9 Å². The Hall–Kier alpha value is -1.82. The van der Waals surface area contributed by atoms with Crippen molar-refractivity contribution >= 4 is 17.5 Å². The van der Waals surface area contributed by atoms with Crippen LogP contribution in [0.3, 0.4) is 0 Å². The molecule has 96 valence electrons. The molecule has 1 atom stereocenters. The molecule has 0 saturated carbocycles. The first-order valence-electron chi connectivity index (χ1n) is 5.04. The molecule has 1 aromatic carbocycles. The van der Waals surface area contributed by atoms with E-state index in [1.165, 1.54) is 12.1 Å². The van der Waals surface area contributed by atoms with Crippen molar-refractivity contribution in [2.75, 3.05) is 13.1 Å². The van der Waals surface area contributed by atoms with Gasteiger partial charge < -0.3 is 11.1 Å². The van der Waals surface area contributed by atoms with Crippen molar-refractivity contribution < 1.29 is 9.18 Å². The highest BCUT2D eigenvalue weighted by Crippen LogP contribution is 2.21. The third kappa shape index (κ3) is 3.89. The normalized spacial score (nSPS) is 11.7. The highest BCUT2D eigenvalue weighted by Gasteiger charge is 2.20. The van der Waals surface area contributed by atoms with E-state index >= 15 is 0 Å². The lowest BCUT2D eigenvalue weighted by atomic mass is 10.1. The van der Waals surface area contributed by atoms with Crippen LogP contribution in [0.25, 0.3) is 10.4 Å². The van der Waals surface area contributed by atoms with Crippen LogP contribution in [0.1, 0.15) is 11.6 Å². The minimum atomic E-state index is -1.02. The molecular formula is C10H11ClFN5O. The van der Waals surface area contributed by atoms with Crippen molar-refractivity contribution in [1.82, 2.24) is 5.32 Å². The number of amides is 1. The lowest BCUT2D eigenvalue weighted by Crippen LogP contribution is -2.35. The van der Waals surface area contributed by atoms with Gasteiger partial charge in [0.25, 0.3) is 0 Å². The molecule has 0 aliphatic heterocycles. The lowest BCUT2D eigenvalue weighted by molar-refractivity contribution is -0.120. The minimum absolute atomic E-state index is 0.0657. The number of halogens is 2. The Bertz CT molecular complexity index is 489. The molecule has 3 N–H and O–H groups in total. The first-order chi connectivity index (χ1) is 8.56. The molecule has 6 nitrogen and oxygen atoms in total. The van der Waals surface area contributed by atoms with Crippen molar-refractivity contribution in [2.45, 2.75) is 6.04 Å². The van der Waals surface area contributed by atoms with E-state index < -0.39 is 17.8 Å². The van der Waals surface area contributed by atoms with E-state index in [0.29, 0.717) is 5.02 Å². The number of rotatable bonds is 6. The van der Waals surface area contributed by atoms with Gasteiger partial charge in [0.05, 0.1) is 0 Å². The quantitative estimate of drug-likeness (QED) is 0.357. The average Bonchev–Trinajstić information content (AvgIpc) is 2.32. The molecule has 0 bridgehead atoms. The second-order valence-corrected chi connectivity index (χ2v) is 3.85. The molecule has 0 saturated heterocycles. The molecule has 1 amide bonds. The van der Waals surface area contributed by atoms with Crippen LogP contribution in [0.5, 0.6) is 0 Å². The highest BCUT2D eigenvalue weighted by atomic mass is 35.5. The molecule has 0 fully saturated rings. The van der Waals surface area contributed by atoms with Gasteiger partial charge in [0.15, 0.2) is 0 Å². The summed E-state index contributed by atoms with van der Waals surface area (Å²) in [4.78, 5) is 13.8. The van der Waals surface area contributed by atoms with Gasteiger partial charge in [0.2, 0.25) is 5.91 Å². The highest BCUT2D eigenvalue weighted by molar-refractivity contribution is 6.30. The van der Waals surface area contributed by atoms with Crippen molar-refractivity contribution in [1.29, 1.82) is 0 Å². The van der Waals surface area contributed by atoms with E-state index in [4.69, 9.17) is 22.9 Å². The SMILES string of the molecule is [N-]=[N+]=NCCNC(C(N)=O)c1cc(Cl)ccc1F. The molecule has 0 aliphatic rings. The van der Waals surface area contributed by atoms with E-state index in [2.05, 4.69) is 15.3 Å². The number of hydrogen-bond acceptors (Lipinski definition) is 3. The van der Waals surface area contributed by atoms with Gasteiger partial charge in [0, 0.05) is 28.6 Å². The molecule has 1 rings (SSSR count). The summed E-state index contributed by atoms with van der Waals surface area (Å²) < 4.78 is 13.6. The Morgan fingerprint density at radius 2 is 2.39 bits per heavy atom. The number of azide groups is 1. The van der Waals surface area contributed by atoms with Crippen LogP contribution in [0.2, 0.25) is 5.02 Å². The molecule has 8 heteroatoms. The van der Waals surface area contributed by atoms with Gasteiger partial charge in [-0.1, -0.05) is 16.7 Å². The number of nitrogens with one attached hydrogen (secondary N) is 1. The first-order valence-corrected chi connectivity index (χ1v) is 5.42. The van der Waals surface area contributed by atoms with Gasteiger partial charge in [-0.2, -0.15) is 0 Å². The zero-order valence-electron chi connectivity index (χ0n) is 9.31. The molecule has 0 radical (unpaired) electrons. The summed E-state index contributed by atoms with van der Waals surface area (Å²) in [6.07, 6.45) is 0. The second-order valence-electron chi connectivity index (χ2n) is 3.41. The number of carbonyl (C=O) groups excluding carboxylic acids is 1. The maximum atomic E-state index is 13.6. The Labute approximate surface area is 108 Å². The summed E-state index contributed by atoms with van der Waals surface area (Å²) in [6, 6.07) is 2.84. The third-order valence-electron chi connectivity index (χ3n) is 2.18. The molecule has 0 aromatic heterocycles. The van der Waals surface area contributed by atoms with Gasteiger partial charge >= 0.3 is 0 Å². The van der Waals surface area contributed by atoms with Gasteiger partial charge in [-0.3, -0.25) is 4.79 Å². The summed E-state index contributed by atoms with van der Waals surface area (Å²) in [5.74, 6) is -1.32. The Morgan fingerprint density at radius 3 is 3.00 bits per heavy atom. The zero-order valence-corrected chi connectivity index (χ0v) is 10.1. The summed E-state index contributed by atoms with van der Waals surface area (Å²) in [5.41, 5.74) is 13.4. The molecular weight excluding hydrogens is 261 g/mol. The summed E-state index contributed by atoms with van der Waals surface area (Å²) in [6.45, 7) is 0.325. The summed E-state index contributed by atoms with van der Waals surface area (Å²) in [5, 5.41) is 6.28. The van der Waals surface area contributed by atoms with E-state index in [0.717, 1.165) is 6.07 Å². The lowest BCUT2D eigenvalue weighted by Gasteiger charge is -2.16. The smallest absolute Gasteiger partial charge is 0.239 e. The number of nitrogens with zero attached hydrogens (tertiary/aromatic N) is 3. The number of hydrogen-bond donors (Lipinski definition) is 2. The topological polar surface area (TPSA) is 104 Å². The molecule has 18 heavy (non-hydrogen) atoms. The number of primary amides is 1. The van der Waals surface area contributed by atoms with E-state index in [1.54, 1.807) is 0 Å². The second kappa shape index (κ2) is 6.80. The van der Waals surface area contributed by atoms with Gasteiger partial charge in [-0.05, 0) is 23.7 Å². The van der Waals surface area contributed by atoms with Crippen LogP contribution in [-0.4, -0.2) is 19.0 Å². The average molecular weight is 272 g/mol. The Kier molecular flexibility index (Phi) is 5.38. The Balaban J connectivity index is 2.87. The van der Waals surface area contributed by atoms with Crippen LogP contribution in [0.4, 0.5) is 4.39 Å². The monoisotopic (exact) mass is 271 g/mol. The number of nitrogens with two attached hydrogens (primary N) is 1. The fraction of sp³-hybridized carbons (Fsp3) is 0.300. The van der Waals surface area contributed by atoms with Gasteiger partial charge in [-0.15, -0.1) is 0 Å². The Morgan fingerprint density at radius 1 is 1.67 bits per heavy atom. The maximum Gasteiger partial charge on any atom is 0.239 e. The van der Waals surface area contributed by atoms with Gasteiger partial charge in [-0.25, -0.2) is 4.39 Å². The minimum Gasteiger partial charge on any atom is -0.368 e. The van der Waals surface area contributed by atoms with Crippen molar-refractivity contribution in [3.63, 3.8) is 0 Å². The van der Waals surface area contributed by atoms with E-state index in [1.807, 2.05) is 0 Å². The molecule has 1 aromatic rings. The summed E-state index contributed by atoms with van der Waals surface area (Å²) >= 11 is 5.74. The first kappa shape index (κ1) is 14.2. The molecule has 0 heterocycles. The zero-order chi connectivity index (χ0) is 13.5. The van der Waals surface area contributed by atoms with Crippen LogP contribution < -0.4 is 11.1 Å². The standard InChI is InChI=1S/C10H11ClFN5O/c11-6-1-2-8(12)7(5-6)9(10(13)18)15-3-4-16-17-14/h1-2,5,9,15H,3-4H2,(H2,13,18). The summed E-state index contributed by atoms with van der Waals surface area (Å²) in [7, 11) is 0. The predicted molar refractivity (Wildman–Crippen MR) is 65.4 cm³/mol. The molecule has 0 aliphatic carbocycles. The van der Waals surface area contributed by atoms with Crippen LogP contribution in [0, 0.1) is 5.82 Å². The maximum absolute atomic E-state index is 13.6. The van der Waals surface area contributed by atoms with Crippen molar-refractivity contribution in [2.24, 2.45) is 10.8 Å². The molecule has 0 spiro atoms. The van der Waals surface area contributed by atoms with E-state index in [-0.39, 0.29) is 18.7 Å². The fourth-order valence-electron chi connectivity index (χ4n) is 1.40. The van der Waals surface area contributed by atoms with E-state index in [9.17, 15) is 9.18 Å². The van der Waals surface area contributed by atoms with Crippen LogP contribution in [0.15, 0.2) is 23.3 Å². The van der Waals surface area contributed by atoms with Crippen LogP contribution >= 0.6 is 11.6 Å².